The summed E-state index contributed by atoms with van der Waals surface area (Å²) in [6.07, 6.45) is 10.2. The van der Waals surface area contributed by atoms with Crippen molar-refractivity contribution >= 4 is 5.71 Å². The van der Waals surface area contributed by atoms with Crippen LogP contribution in [0.15, 0.2) is 5.16 Å². The van der Waals surface area contributed by atoms with Crippen molar-refractivity contribution in [3.8, 4) is 0 Å². The number of hydrogen-bond donors (Lipinski definition) is 1. The minimum Gasteiger partial charge on any atom is -0.393 e. The van der Waals surface area contributed by atoms with E-state index < -0.39 is 0 Å². The van der Waals surface area contributed by atoms with Crippen molar-refractivity contribution in [2.24, 2.45) is 11.1 Å². The normalized spacial score (nSPS) is 35.9. The zero-order valence-corrected chi connectivity index (χ0v) is 9.82. The third-order valence-corrected chi connectivity index (χ3v) is 4.37. The van der Waals surface area contributed by atoms with Gasteiger partial charge in [-0.25, -0.2) is 0 Å². The van der Waals surface area contributed by atoms with Crippen LogP contribution in [0.4, 0.5) is 0 Å². The highest BCUT2D eigenvalue weighted by Gasteiger charge is 2.50. The number of hydrogen-bond acceptors (Lipinski definition) is 3. The molecule has 0 saturated heterocycles. The molecule has 0 amide bonds. The first kappa shape index (κ1) is 10.6. The molecule has 3 rings (SSSR count). The quantitative estimate of drug-likeness (QED) is 0.799. The molecule has 3 heteroatoms. The highest BCUT2D eigenvalue weighted by molar-refractivity contribution is 5.86. The van der Waals surface area contributed by atoms with E-state index in [9.17, 15) is 5.11 Å². The Bertz CT molecular complexity index is 296. The van der Waals surface area contributed by atoms with E-state index >= 15 is 0 Å². The lowest BCUT2D eigenvalue weighted by molar-refractivity contribution is 0.0644. The summed E-state index contributed by atoms with van der Waals surface area (Å²) in [4.78, 5) is 5.46. The third-order valence-electron chi connectivity index (χ3n) is 4.37. The second kappa shape index (κ2) is 4.02. The van der Waals surface area contributed by atoms with Crippen molar-refractivity contribution in [2.75, 3.05) is 0 Å². The summed E-state index contributed by atoms with van der Waals surface area (Å²) in [5, 5.41) is 14.1. The number of aliphatic hydroxyl groups excluding tert-OH is 1. The molecular weight excluding hydrogens is 202 g/mol. The van der Waals surface area contributed by atoms with Gasteiger partial charge in [0.25, 0.3) is 0 Å². The van der Waals surface area contributed by atoms with Crippen LogP contribution in [0.5, 0.6) is 0 Å². The molecule has 1 spiro atoms. The van der Waals surface area contributed by atoms with Gasteiger partial charge in [-0.05, 0) is 44.4 Å². The lowest BCUT2D eigenvalue weighted by Crippen LogP contribution is -2.25. The van der Waals surface area contributed by atoms with Gasteiger partial charge in [0.05, 0.1) is 11.8 Å². The zero-order valence-electron chi connectivity index (χ0n) is 9.82. The molecule has 2 unspecified atom stereocenters. The molecule has 1 heterocycles. The van der Waals surface area contributed by atoms with Crippen LogP contribution in [-0.4, -0.2) is 22.5 Å². The van der Waals surface area contributed by atoms with Gasteiger partial charge in [0, 0.05) is 6.42 Å². The average molecular weight is 223 g/mol. The van der Waals surface area contributed by atoms with E-state index in [2.05, 4.69) is 5.16 Å². The molecule has 0 aromatic heterocycles. The summed E-state index contributed by atoms with van der Waals surface area (Å²) in [5.41, 5.74) is 1.37. The molecular formula is C13H21NO2. The van der Waals surface area contributed by atoms with E-state index in [-0.39, 0.29) is 11.7 Å². The van der Waals surface area contributed by atoms with Crippen molar-refractivity contribution in [3.05, 3.63) is 0 Å². The van der Waals surface area contributed by atoms with Crippen LogP contribution in [0.25, 0.3) is 0 Å². The monoisotopic (exact) mass is 223 g/mol. The van der Waals surface area contributed by atoms with Crippen LogP contribution in [0, 0.1) is 5.92 Å². The Labute approximate surface area is 96.9 Å². The largest absolute Gasteiger partial charge is 0.393 e. The Morgan fingerprint density at radius 2 is 2.12 bits per heavy atom. The minimum atomic E-state index is -0.0634. The van der Waals surface area contributed by atoms with Crippen LogP contribution in [0.3, 0.4) is 0 Å². The number of rotatable bonds is 3. The number of oxime groups is 1. The summed E-state index contributed by atoms with van der Waals surface area (Å²) >= 11 is 0. The maximum Gasteiger partial charge on any atom is 0.143 e. The maximum absolute atomic E-state index is 9.89. The first-order valence-corrected chi connectivity index (χ1v) is 6.69. The van der Waals surface area contributed by atoms with Gasteiger partial charge in [-0.2, -0.15) is 0 Å². The van der Waals surface area contributed by atoms with Crippen LogP contribution < -0.4 is 0 Å². The van der Waals surface area contributed by atoms with Gasteiger partial charge in [0.1, 0.15) is 5.60 Å². The molecule has 0 bridgehead atoms. The van der Waals surface area contributed by atoms with Crippen molar-refractivity contribution in [1.82, 2.24) is 0 Å². The van der Waals surface area contributed by atoms with E-state index in [1.54, 1.807) is 0 Å². The first-order valence-electron chi connectivity index (χ1n) is 6.69. The van der Waals surface area contributed by atoms with Crippen molar-refractivity contribution in [1.29, 1.82) is 0 Å². The Morgan fingerprint density at radius 1 is 1.31 bits per heavy atom. The molecule has 2 saturated carbocycles. The summed E-state index contributed by atoms with van der Waals surface area (Å²) in [7, 11) is 0. The summed E-state index contributed by atoms with van der Waals surface area (Å²) in [6, 6.07) is 0. The van der Waals surface area contributed by atoms with E-state index in [4.69, 9.17) is 4.84 Å². The molecule has 2 aliphatic carbocycles. The van der Waals surface area contributed by atoms with Crippen LogP contribution in [0.1, 0.15) is 57.8 Å². The topological polar surface area (TPSA) is 41.8 Å². The Balaban J connectivity index is 1.45. The fourth-order valence-electron chi connectivity index (χ4n) is 3.02. The molecule has 2 fully saturated rings. The molecule has 0 aromatic carbocycles. The molecule has 1 N–H and O–H groups in total. The predicted molar refractivity (Wildman–Crippen MR) is 62.3 cm³/mol. The highest BCUT2D eigenvalue weighted by Crippen LogP contribution is 2.47. The van der Waals surface area contributed by atoms with Gasteiger partial charge in [-0.15, -0.1) is 0 Å². The first-order chi connectivity index (χ1) is 7.77. The maximum atomic E-state index is 9.89. The Kier molecular flexibility index (Phi) is 2.66. The summed E-state index contributed by atoms with van der Waals surface area (Å²) in [6.45, 7) is 0. The van der Waals surface area contributed by atoms with Gasteiger partial charge >= 0.3 is 0 Å². The SMILES string of the molecule is OC1CCCCC1CCC1=NOC2(CC2)C1. The summed E-state index contributed by atoms with van der Waals surface area (Å²) in [5.74, 6) is 0.507. The minimum absolute atomic E-state index is 0.0634. The fourth-order valence-corrected chi connectivity index (χ4v) is 3.02. The molecule has 16 heavy (non-hydrogen) atoms. The highest BCUT2D eigenvalue weighted by atomic mass is 16.7. The molecule has 3 nitrogen and oxygen atoms in total. The predicted octanol–water partition coefficient (Wildman–Crippen LogP) is 2.63. The molecule has 3 aliphatic rings. The van der Waals surface area contributed by atoms with E-state index in [1.807, 2.05) is 0 Å². The van der Waals surface area contributed by atoms with Gasteiger partial charge < -0.3 is 9.94 Å². The Hall–Kier alpha value is -0.570. The fraction of sp³-hybridized carbons (Fsp3) is 0.923. The van der Waals surface area contributed by atoms with E-state index in [0.29, 0.717) is 5.92 Å². The standard InChI is InChI=1S/C13H21NO2/c15-12-4-2-1-3-10(12)5-6-11-9-13(7-8-13)16-14-11/h10,12,15H,1-9H2. The second-order valence-corrected chi connectivity index (χ2v) is 5.76. The third kappa shape index (κ3) is 2.10. The summed E-state index contributed by atoms with van der Waals surface area (Å²) < 4.78 is 0. The average Bonchev–Trinajstić information content (AvgIpc) is 2.91. The van der Waals surface area contributed by atoms with Gasteiger partial charge in [0.15, 0.2) is 0 Å². The van der Waals surface area contributed by atoms with E-state index in [0.717, 1.165) is 25.7 Å². The van der Waals surface area contributed by atoms with E-state index in [1.165, 1.54) is 37.8 Å². The number of nitrogens with zero attached hydrogens (tertiary/aromatic N) is 1. The second-order valence-electron chi connectivity index (χ2n) is 5.76. The molecule has 0 aromatic rings. The van der Waals surface area contributed by atoms with Crippen LogP contribution in [-0.2, 0) is 4.84 Å². The van der Waals surface area contributed by atoms with Crippen molar-refractivity contribution in [2.45, 2.75) is 69.5 Å². The zero-order chi connectivity index (χ0) is 11.0. The molecule has 0 radical (unpaired) electrons. The molecule has 1 aliphatic heterocycles. The lowest BCUT2D eigenvalue weighted by atomic mass is 9.83. The van der Waals surface area contributed by atoms with Gasteiger partial charge in [0.2, 0.25) is 0 Å². The van der Waals surface area contributed by atoms with Gasteiger partial charge in [-0.3, -0.25) is 0 Å². The van der Waals surface area contributed by atoms with Crippen LogP contribution >= 0.6 is 0 Å². The molecule has 90 valence electrons. The van der Waals surface area contributed by atoms with Gasteiger partial charge in [-0.1, -0.05) is 18.0 Å². The van der Waals surface area contributed by atoms with Crippen molar-refractivity contribution < 1.29 is 9.94 Å². The lowest BCUT2D eigenvalue weighted by Gasteiger charge is -2.27. The molecule has 2 atom stereocenters. The van der Waals surface area contributed by atoms with Crippen molar-refractivity contribution in [3.63, 3.8) is 0 Å². The Morgan fingerprint density at radius 3 is 2.81 bits per heavy atom. The number of aliphatic hydroxyl groups is 1. The van der Waals surface area contributed by atoms with Crippen LogP contribution in [0.2, 0.25) is 0 Å². The smallest absolute Gasteiger partial charge is 0.143 e.